The van der Waals surface area contributed by atoms with Gasteiger partial charge in [-0.15, -0.1) is 24.0 Å². The first-order valence-corrected chi connectivity index (χ1v) is 10.5. The number of carbonyl (C=O) groups is 1. The Hall–Kier alpha value is -0.570. The quantitative estimate of drug-likeness (QED) is 0.310. The summed E-state index contributed by atoms with van der Waals surface area (Å²) in [4.78, 5) is 21.3. The molecule has 2 fully saturated rings. The van der Waals surface area contributed by atoms with E-state index in [0.717, 1.165) is 45.0 Å². The molecule has 0 bridgehead atoms. The van der Waals surface area contributed by atoms with E-state index in [0.29, 0.717) is 24.3 Å². The number of hydrogen-bond acceptors (Lipinski definition) is 3. The van der Waals surface area contributed by atoms with Crippen molar-refractivity contribution >= 4 is 35.8 Å². The molecule has 0 saturated carbocycles. The van der Waals surface area contributed by atoms with Crippen molar-refractivity contribution in [2.75, 3.05) is 39.3 Å². The minimum Gasteiger partial charge on any atom is -0.370 e. The van der Waals surface area contributed by atoms with Crippen LogP contribution in [0.2, 0.25) is 0 Å². The van der Waals surface area contributed by atoms with Crippen molar-refractivity contribution in [3.63, 3.8) is 0 Å². The summed E-state index contributed by atoms with van der Waals surface area (Å²) in [5.41, 5.74) is 5.41. The summed E-state index contributed by atoms with van der Waals surface area (Å²) in [6.07, 6.45) is 6.51. The molecule has 0 aromatic heterocycles. The third-order valence-electron chi connectivity index (χ3n) is 5.50. The molecule has 0 spiro atoms. The summed E-state index contributed by atoms with van der Waals surface area (Å²) in [6.45, 7) is 12.8. The summed E-state index contributed by atoms with van der Waals surface area (Å²) >= 11 is 0. The molecule has 2 saturated heterocycles. The lowest BCUT2D eigenvalue weighted by Crippen LogP contribution is -2.48. The van der Waals surface area contributed by atoms with Gasteiger partial charge in [0.15, 0.2) is 5.96 Å². The predicted molar refractivity (Wildman–Crippen MR) is 124 cm³/mol. The smallest absolute Gasteiger partial charge is 0.217 e. The number of rotatable bonds is 8. The SMILES string of the molecule is CCNC(=NCC(CC(C)C)N1CCCC1)N1CCCC(CC(N)=O)C1.I. The van der Waals surface area contributed by atoms with Crippen LogP contribution in [0, 0.1) is 11.8 Å². The van der Waals surface area contributed by atoms with Crippen LogP contribution in [0.5, 0.6) is 0 Å². The average Bonchev–Trinajstić information content (AvgIpc) is 3.11. The van der Waals surface area contributed by atoms with Gasteiger partial charge in [-0.1, -0.05) is 13.8 Å². The molecule has 158 valence electrons. The minimum atomic E-state index is -0.190. The van der Waals surface area contributed by atoms with Crippen LogP contribution in [-0.4, -0.2) is 67.0 Å². The molecule has 27 heavy (non-hydrogen) atoms. The van der Waals surface area contributed by atoms with Gasteiger partial charge in [-0.05, 0) is 64.0 Å². The molecular weight excluding hydrogens is 453 g/mol. The number of hydrogen-bond donors (Lipinski definition) is 2. The van der Waals surface area contributed by atoms with E-state index < -0.39 is 0 Å². The van der Waals surface area contributed by atoms with Crippen LogP contribution in [0.3, 0.4) is 0 Å². The Morgan fingerprint density at radius 3 is 2.52 bits per heavy atom. The number of nitrogens with two attached hydrogens (primary N) is 1. The van der Waals surface area contributed by atoms with E-state index >= 15 is 0 Å². The molecule has 0 aliphatic carbocycles. The first-order chi connectivity index (χ1) is 12.5. The minimum absolute atomic E-state index is 0. The lowest BCUT2D eigenvalue weighted by atomic mass is 9.95. The Bertz CT molecular complexity index is 465. The highest BCUT2D eigenvalue weighted by atomic mass is 127. The highest BCUT2D eigenvalue weighted by Gasteiger charge is 2.25. The molecule has 2 rings (SSSR count). The molecule has 2 heterocycles. The summed E-state index contributed by atoms with van der Waals surface area (Å²) in [5, 5.41) is 3.47. The van der Waals surface area contributed by atoms with E-state index in [1.165, 1.54) is 32.4 Å². The van der Waals surface area contributed by atoms with Crippen LogP contribution in [0.15, 0.2) is 4.99 Å². The van der Waals surface area contributed by atoms with Gasteiger partial charge in [0.1, 0.15) is 0 Å². The fourth-order valence-corrected chi connectivity index (χ4v) is 4.32. The van der Waals surface area contributed by atoms with Gasteiger partial charge < -0.3 is 16.0 Å². The molecule has 0 aromatic rings. The van der Waals surface area contributed by atoms with Gasteiger partial charge >= 0.3 is 0 Å². The highest BCUT2D eigenvalue weighted by molar-refractivity contribution is 14.0. The third kappa shape index (κ3) is 8.54. The van der Waals surface area contributed by atoms with Crippen molar-refractivity contribution in [1.29, 1.82) is 0 Å². The fraction of sp³-hybridized carbons (Fsp3) is 0.900. The van der Waals surface area contributed by atoms with Gasteiger partial charge in [0.05, 0.1) is 6.54 Å². The molecular formula is C20H40IN5O. The number of nitrogens with zero attached hydrogens (tertiary/aromatic N) is 3. The van der Waals surface area contributed by atoms with Gasteiger partial charge in [0, 0.05) is 32.1 Å². The zero-order chi connectivity index (χ0) is 18.9. The van der Waals surface area contributed by atoms with E-state index in [1.54, 1.807) is 0 Å². The molecule has 3 N–H and O–H groups in total. The number of aliphatic imine (C=N–C) groups is 1. The summed E-state index contributed by atoms with van der Waals surface area (Å²) < 4.78 is 0. The number of piperidine rings is 1. The maximum Gasteiger partial charge on any atom is 0.217 e. The number of likely N-dealkylation sites (tertiary alicyclic amines) is 2. The first kappa shape index (κ1) is 24.5. The van der Waals surface area contributed by atoms with Crippen LogP contribution in [0.4, 0.5) is 0 Å². The molecule has 2 unspecified atom stereocenters. The van der Waals surface area contributed by atoms with Crippen LogP contribution >= 0.6 is 24.0 Å². The standard InChI is InChI=1S/C20H39N5O.HI/c1-4-22-20(25-11-7-8-17(15-25)13-19(21)26)23-14-18(12-16(2)3)24-9-5-6-10-24;/h16-18H,4-15H2,1-3H3,(H2,21,26)(H,22,23);1H. The number of nitrogens with one attached hydrogen (secondary N) is 1. The Balaban J connectivity index is 0.00000364. The Morgan fingerprint density at radius 1 is 1.22 bits per heavy atom. The fourth-order valence-electron chi connectivity index (χ4n) is 4.32. The molecule has 2 aliphatic rings. The third-order valence-corrected chi connectivity index (χ3v) is 5.50. The zero-order valence-electron chi connectivity index (χ0n) is 17.5. The molecule has 2 atom stereocenters. The molecule has 2 aliphatic heterocycles. The van der Waals surface area contributed by atoms with Crippen molar-refractivity contribution in [3.05, 3.63) is 0 Å². The number of primary amides is 1. The van der Waals surface area contributed by atoms with Gasteiger partial charge in [-0.25, -0.2) is 0 Å². The number of halogens is 1. The largest absolute Gasteiger partial charge is 0.370 e. The van der Waals surface area contributed by atoms with Crippen molar-refractivity contribution in [3.8, 4) is 0 Å². The maximum absolute atomic E-state index is 11.3. The predicted octanol–water partition coefficient (Wildman–Crippen LogP) is 2.67. The zero-order valence-corrected chi connectivity index (χ0v) is 19.8. The second-order valence-electron chi connectivity index (χ2n) is 8.35. The van der Waals surface area contributed by atoms with Gasteiger partial charge in [-0.3, -0.25) is 14.7 Å². The molecule has 0 radical (unpaired) electrons. The van der Waals surface area contributed by atoms with Crippen molar-refractivity contribution in [1.82, 2.24) is 15.1 Å². The Labute approximate surface area is 182 Å². The molecule has 0 aromatic carbocycles. The van der Waals surface area contributed by atoms with E-state index in [2.05, 4.69) is 35.9 Å². The van der Waals surface area contributed by atoms with Crippen molar-refractivity contribution in [2.45, 2.75) is 65.3 Å². The highest BCUT2D eigenvalue weighted by Crippen LogP contribution is 2.21. The van der Waals surface area contributed by atoms with Crippen LogP contribution in [0.1, 0.15) is 59.3 Å². The topological polar surface area (TPSA) is 74.0 Å². The van der Waals surface area contributed by atoms with Gasteiger partial charge in [0.2, 0.25) is 5.91 Å². The first-order valence-electron chi connectivity index (χ1n) is 10.5. The second-order valence-corrected chi connectivity index (χ2v) is 8.35. The van der Waals surface area contributed by atoms with Crippen molar-refractivity contribution in [2.24, 2.45) is 22.6 Å². The number of amides is 1. The van der Waals surface area contributed by atoms with Crippen molar-refractivity contribution < 1.29 is 4.79 Å². The lowest BCUT2D eigenvalue weighted by molar-refractivity contribution is -0.119. The van der Waals surface area contributed by atoms with Gasteiger partial charge in [-0.2, -0.15) is 0 Å². The van der Waals surface area contributed by atoms with Crippen LogP contribution < -0.4 is 11.1 Å². The van der Waals surface area contributed by atoms with Crippen LogP contribution in [0.25, 0.3) is 0 Å². The normalized spacial score (nSPS) is 22.6. The summed E-state index contributed by atoms with van der Waals surface area (Å²) in [7, 11) is 0. The summed E-state index contributed by atoms with van der Waals surface area (Å²) in [5.74, 6) is 1.86. The van der Waals surface area contributed by atoms with Crippen LogP contribution in [-0.2, 0) is 4.79 Å². The summed E-state index contributed by atoms with van der Waals surface area (Å²) in [6, 6.07) is 0.539. The Morgan fingerprint density at radius 2 is 1.93 bits per heavy atom. The second kappa shape index (κ2) is 12.8. The average molecular weight is 493 g/mol. The molecule has 6 nitrogen and oxygen atoms in total. The van der Waals surface area contributed by atoms with E-state index in [-0.39, 0.29) is 29.9 Å². The van der Waals surface area contributed by atoms with E-state index in [4.69, 9.17) is 10.7 Å². The van der Waals surface area contributed by atoms with Gasteiger partial charge in [0.25, 0.3) is 0 Å². The monoisotopic (exact) mass is 493 g/mol. The molecule has 7 heteroatoms. The number of guanidine groups is 1. The lowest BCUT2D eigenvalue weighted by Gasteiger charge is -2.35. The Kier molecular flexibility index (Phi) is 11.6. The van der Waals surface area contributed by atoms with E-state index in [9.17, 15) is 4.79 Å². The van der Waals surface area contributed by atoms with E-state index in [1.807, 2.05) is 0 Å². The maximum atomic E-state index is 11.3. The number of carbonyl (C=O) groups excluding carboxylic acids is 1. The molecule has 1 amide bonds.